The van der Waals surface area contributed by atoms with Gasteiger partial charge in [0, 0.05) is 0 Å². The summed E-state index contributed by atoms with van der Waals surface area (Å²) < 4.78 is 78.3. The first kappa shape index (κ1) is 20.5. The lowest BCUT2D eigenvalue weighted by atomic mass is 9.93. The van der Waals surface area contributed by atoms with E-state index in [0.29, 0.717) is 18.4 Å². The molecule has 0 saturated heterocycles. The molecule has 1 fully saturated rings. The molecule has 1 aliphatic carbocycles. The van der Waals surface area contributed by atoms with Crippen molar-refractivity contribution in [1.29, 1.82) is 0 Å². The van der Waals surface area contributed by atoms with Crippen molar-refractivity contribution in [2.24, 2.45) is 5.92 Å². The van der Waals surface area contributed by atoms with Crippen LogP contribution >= 0.6 is 0 Å². The molecule has 0 aliphatic heterocycles. The molecule has 0 spiro atoms. The Bertz CT molecular complexity index is 780. The monoisotopic (exact) mass is 402 g/mol. The molecule has 2 aromatic rings. The maximum atomic E-state index is 13.2. The zero-order chi connectivity index (χ0) is 20.4. The molecule has 1 unspecified atom stereocenters. The van der Waals surface area contributed by atoms with Gasteiger partial charge in [0.15, 0.2) is 5.69 Å². The van der Waals surface area contributed by atoms with Gasteiger partial charge in [-0.15, -0.1) is 0 Å². The number of alkyl halides is 6. The maximum Gasteiger partial charge on any atom is 0.434 e. The highest BCUT2D eigenvalue weighted by Gasteiger charge is 2.44. The highest BCUT2D eigenvalue weighted by atomic mass is 19.4. The molecular weight excluding hydrogens is 382 g/mol. The molecule has 8 heteroatoms. The number of nitrogens with zero attached hydrogens (tertiary/aromatic N) is 1. The van der Waals surface area contributed by atoms with E-state index in [2.05, 4.69) is 10.3 Å². The lowest BCUT2D eigenvalue weighted by molar-refractivity contribution is -0.164. The summed E-state index contributed by atoms with van der Waals surface area (Å²) in [4.78, 5) is 3.29. The van der Waals surface area contributed by atoms with Gasteiger partial charge in [-0.2, -0.15) is 26.3 Å². The summed E-state index contributed by atoms with van der Waals surface area (Å²) in [5.41, 5.74) is -2.83. The van der Waals surface area contributed by atoms with E-state index in [1.807, 2.05) is 30.3 Å². The molecular formula is C20H20F6N2. The van der Waals surface area contributed by atoms with Gasteiger partial charge in [0.1, 0.15) is 5.82 Å². The van der Waals surface area contributed by atoms with Crippen LogP contribution in [0.15, 0.2) is 42.5 Å². The molecule has 2 nitrogen and oxygen atoms in total. The van der Waals surface area contributed by atoms with Crippen LogP contribution in [-0.2, 0) is 12.4 Å². The number of anilines is 1. The number of aromatic nitrogens is 1. The lowest BCUT2D eigenvalue weighted by Crippen LogP contribution is -2.21. The van der Waals surface area contributed by atoms with Crippen LogP contribution in [-0.4, -0.2) is 4.98 Å². The Morgan fingerprint density at radius 1 is 0.893 bits per heavy atom. The van der Waals surface area contributed by atoms with Crippen LogP contribution in [0, 0.1) is 5.92 Å². The van der Waals surface area contributed by atoms with E-state index in [4.69, 9.17) is 0 Å². The number of hydrogen-bond donors (Lipinski definition) is 1. The van der Waals surface area contributed by atoms with Gasteiger partial charge >= 0.3 is 12.4 Å². The van der Waals surface area contributed by atoms with E-state index in [0.717, 1.165) is 37.3 Å². The fourth-order valence-corrected chi connectivity index (χ4v) is 3.71. The van der Waals surface area contributed by atoms with Crippen molar-refractivity contribution < 1.29 is 26.3 Å². The van der Waals surface area contributed by atoms with Gasteiger partial charge in [0.05, 0.1) is 11.6 Å². The van der Waals surface area contributed by atoms with Gasteiger partial charge in [0.2, 0.25) is 0 Å². The van der Waals surface area contributed by atoms with E-state index in [1.54, 1.807) is 0 Å². The molecule has 3 rings (SSSR count). The normalized spacial score (nSPS) is 16.9. The van der Waals surface area contributed by atoms with Crippen molar-refractivity contribution >= 4 is 5.82 Å². The van der Waals surface area contributed by atoms with Crippen LogP contribution in [0.2, 0.25) is 0 Å². The molecule has 28 heavy (non-hydrogen) atoms. The average molecular weight is 402 g/mol. The fraction of sp³-hybridized carbons (Fsp3) is 0.450. The molecule has 152 valence electrons. The second-order valence-electron chi connectivity index (χ2n) is 7.08. The summed E-state index contributed by atoms with van der Waals surface area (Å²) in [5.74, 6) is 0.210. The van der Waals surface area contributed by atoms with Crippen LogP contribution in [0.5, 0.6) is 0 Å². The number of hydrogen-bond acceptors (Lipinski definition) is 2. The van der Waals surface area contributed by atoms with E-state index >= 15 is 0 Å². The van der Waals surface area contributed by atoms with Crippen molar-refractivity contribution in [3.63, 3.8) is 0 Å². The maximum absolute atomic E-state index is 13.2. The highest BCUT2D eigenvalue weighted by molar-refractivity contribution is 5.43. The topological polar surface area (TPSA) is 24.9 Å². The van der Waals surface area contributed by atoms with E-state index in [9.17, 15) is 26.3 Å². The van der Waals surface area contributed by atoms with Gasteiger partial charge in [-0.3, -0.25) is 0 Å². The molecule has 0 bridgehead atoms. The third-order valence-corrected chi connectivity index (χ3v) is 5.04. The molecule has 1 aliphatic rings. The number of nitrogens with one attached hydrogen (secondary N) is 1. The number of halogens is 6. The zero-order valence-electron chi connectivity index (χ0n) is 14.9. The molecule has 1 aromatic carbocycles. The van der Waals surface area contributed by atoms with Gasteiger partial charge in [-0.1, -0.05) is 56.0 Å². The average Bonchev–Trinajstić information content (AvgIpc) is 3.13. The Morgan fingerprint density at radius 2 is 1.54 bits per heavy atom. The van der Waals surface area contributed by atoms with Crippen LogP contribution in [0.4, 0.5) is 32.2 Å². The largest absolute Gasteiger partial charge is 0.434 e. The van der Waals surface area contributed by atoms with E-state index in [-0.39, 0.29) is 11.9 Å². The Hall–Kier alpha value is -2.25. The molecule has 1 aromatic heterocycles. The van der Waals surface area contributed by atoms with Crippen molar-refractivity contribution in [3.8, 4) is 0 Å². The Labute approximate surface area is 159 Å². The zero-order valence-corrected chi connectivity index (χ0v) is 14.9. The smallest absolute Gasteiger partial charge is 0.363 e. The first-order chi connectivity index (χ1) is 13.1. The minimum atomic E-state index is -5.20. The van der Waals surface area contributed by atoms with Gasteiger partial charge in [-0.25, -0.2) is 4.98 Å². The molecule has 0 amide bonds. The fourth-order valence-electron chi connectivity index (χ4n) is 3.71. The highest BCUT2D eigenvalue weighted by Crippen LogP contribution is 2.40. The SMILES string of the molecule is FC(F)(F)c1ccc(NC(CC2CCCC2)c2ccccc2)nc1C(F)(F)F. The first-order valence-corrected chi connectivity index (χ1v) is 9.11. The Kier molecular flexibility index (Phi) is 5.86. The van der Waals surface area contributed by atoms with E-state index in [1.165, 1.54) is 0 Å². The molecule has 1 saturated carbocycles. The van der Waals surface area contributed by atoms with Gasteiger partial charge in [-0.05, 0) is 30.0 Å². The number of pyridine rings is 1. The van der Waals surface area contributed by atoms with Crippen LogP contribution in [0.3, 0.4) is 0 Å². The first-order valence-electron chi connectivity index (χ1n) is 9.11. The summed E-state index contributed by atoms with van der Waals surface area (Å²) in [6.07, 6.45) is -5.33. The minimum Gasteiger partial charge on any atom is -0.363 e. The number of rotatable bonds is 5. The van der Waals surface area contributed by atoms with Gasteiger partial charge in [0.25, 0.3) is 0 Å². The van der Waals surface area contributed by atoms with Crippen LogP contribution < -0.4 is 5.32 Å². The predicted octanol–water partition coefficient (Wildman–Crippen LogP) is 6.85. The second-order valence-corrected chi connectivity index (χ2v) is 7.08. The summed E-state index contributed by atoms with van der Waals surface area (Å²) in [7, 11) is 0. The quantitative estimate of drug-likeness (QED) is 0.553. The minimum absolute atomic E-state index is 0.216. The van der Waals surface area contributed by atoms with E-state index < -0.39 is 23.6 Å². The van der Waals surface area contributed by atoms with Gasteiger partial charge < -0.3 is 5.32 Å². The third kappa shape index (κ3) is 4.97. The Morgan fingerprint density at radius 3 is 2.11 bits per heavy atom. The standard InChI is InChI=1S/C20H20F6N2/c21-19(22,23)15-10-11-17(28-18(15)20(24,25)26)27-16(12-13-6-4-5-7-13)14-8-2-1-3-9-14/h1-3,8-11,13,16H,4-7,12H2,(H,27,28). The van der Waals surface area contributed by atoms with Crippen molar-refractivity contribution in [2.75, 3.05) is 5.32 Å². The van der Waals surface area contributed by atoms with Crippen LogP contribution in [0.25, 0.3) is 0 Å². The summed E-state index contributed by atoms with van der Waals surface area (Å²) in [6.45, 7) is 0. The Balaban J connectivity index is 1.91. The van der Waals surface area contributed by atoms with Crippen molar-refractivity contribution in [1.82, 2.24) is 4.98 Å². The van der Waals surface area contributed by atoms with Crippen molar-refractivity contribution in [3.05, 3.63) is 59.3 Å². The second kappa shape index (κ2) is 8.01. The molecule has 0 radical (unpaired) electrons. The predicted molar refractivity (Wildman–Crippen MR) is 93.6 cm³/mol. The number of benzene rings is 1. The summed E-state index contributed by atoms with van der Waals surface area (Å²) >= 11 is 0. The molecule has 1 atom stereocenters. The summed E-state index contributed by atoms with van der Waals surface area (Å²) in [6, 6.07) is 10.2. The van der Waals surface area contributed by atoms with Crippen molar-refractivity contribution in [2.45, 2.75) is 50.5 Å². The third-order valence-electron chi connectivity index (χ3n) is 5.04. The summed E-state index contributed by atoms with van der Waals surface area (Å²) in [5, 5.41) is 2.93. The molecule has 1 N–H and O–H groups in total. The van der Waals surface area contributed by atoms with Crippen LogP contribution in [0.1, 0.15) is 55.0 Å². The molecule has 1 heterocycles. The lowest BCUT2D eigenvalue weighted by Gasteiger charge is -2.24.